The second-order valence-electron chi connectivity index (χ2n) is 7.30. The predicted octanol–water partition coefficient (Wildman–Crippen LogP) is 3.81. The van der Waals surface area contributed by atoms with Gasteiger partial charge in [0.2, 0.25) is 0 Å². The lowest BCUT2D eigenvalue weighted by Gasteiger charge is -2.41. The lowest BCUT2D eigenvalue weighted by molar-refractivity contribution is -0.160. The van der Waals surface area contributed by atoms with Crippen molar-refractivity contribution in [1.82, 2.24) is 14.9 Å². The van der Waals surface area contributed by atoms with Gasteiger partial charge in [0.15, 0.2) is 5.16 Å². The number of carbonyl (C=O) groups excluding carboxylic acids is 1. The van der Waals surface area contributed by atoms with Crippen molar-refractivity contribution in [2.24, 2.45) is 5.41 Å². The molecule has 1 fully saturated rings. The normalized spacial score (nSPS) is 19.7. The first-order valence-corrected chi connectivity index (χ1v) is 11.3. The third kappa shape index (κ3) is 5.93. The standard InChI is InChI=1S/C22H29N3O3S/c1-3-27-20(26)22(11-13-28-19-8-5-4-6-9-19)10-7-12-25(17-22)16-18-14-23-21(29-2)24-15-18/h4-6,8-9,14-15H,3,7,10-13,16-17H2,1-2H3/t22-/m0/s1. The molecule has 0 N–H and O–H groups in total. The molecule has 2 heterocycles. The number of hydrogen-bond donors (Lipinski definition) is 0. The minimum atomic E-state index is -0.539. The first-order chi connectivity index (χ1) is 14.1. The summed E-state index contributed by atoms with van der Waals surface area (Å²) in [6.07, 6.45) is 8.12. The molecule has 0 bridgehead atoms. The van der Waals surface area contributed by atoms with Crippen LogP contribution in [0.4, 0.5) is 0 Å². The summed E-state index contributed by atoms with van der Waals surface area (Å²) in [5.74, 6) is 0.709. The Morgan fingerprint density at radius 2 is 2.00 bits per heavy atom. The quantitative estimate of drug-likeness (QED) is 0.350. The number of para-hydroxylation sites is 1. The van der Waals surface area contributed by atoms with Gasteiger partial charge in [-0.25, -0.2) is 9.97 Å². The smallest absolute Gasteiger partial charge is 0.313 e. The van der Waals surface area contributed by atoms with Crippen LogP contribution in [-0.2, 0) is 16.1 Å². The molecule has 0 radical (unpaired) electrons. The van der Waals surface area contributed by atoms with Crippen LogP contribution < -0.4 is 4.74 Å². The van der Waals surface area contributed by atoms with Crippen molar-refractivity contribution in [1.29, 1.82) is 0 Å². The molecule has 156 valence electrons. The number of esters is 1. The topological polar surface area (TPSA) is 64.6 Å². The maximum Gasteiger partial charge on any atom is 0.313 e. The first-order valence-electron chi connectivity index (χ1n) is 10.1. The zero-order valence-corrected chi connectivity index (χ0v) is 18.0. The molecular formula is C22H29N3O3S. The first kappa shape index (κ1) is 21.6. The molecule has 0 unspecified atom stereocenters. The maximum atomic E-state index is 12.9. The highest BCUT2D eigenvalue weighted by Crippen LogP contribution is 2.36. The average Bonchev–Trinajstić information content (AvgIpc) is 2.75. The molecule has 1 aliphatic heterocycles. The number of aromatic nitrogens is 2. The molecule has 1 saturated heterocycles. The molecule has 0 amide bonds. The van der Waals surface area contributed by atoms with Gasteiger partial charge in [0, 0.05) is 31.0 Å². The minimum absolute atomic E-state index is 0.115. The summed E-state index contributed by atoms with van der Waals surface area (Å²) in [6.45, 7) is 5.08. The van der Waals surface area contributed by atoms with Crippen LogP contribution in [0.25, 0.3) is 0 Å². The van der Waals surface area contributed by atoms with Crippen LogP contribution in [0, 0.1) is 5.41 Å². The Bertz CT molecular complexity index is 773. The van der Waals surface area contributed by atoms with E-state index in [1.807, 2.05) is 55.9 Å². The molecule has 0 spiro atoms. The highest BCUT2D eigenvalue weighted by molar-refractivity contribution is 7.98. The van der Waals surface area contributed by atoms with Gasteiger partial charge in [-0.05, 0) is 51.1 Å². The molecule has 1 aromatic carbocycles. The lowest BCUT2D eigenvalue weighted by atomic mass is 9.77. The largest absolute Gasteiger partial charge is 0.494 e. The second kappa shape index (κ2) is 10.6. The van der Waals surface area contributed by atoms with Gasteiger partial charge in [-0.2, -0.15) is 0 Å². The van der Waals surface area contributed by atoms with E-state index < -0.39 is 5.41 Å². The van der Waals surface area contributed by atoms with Crippen LogP contribution in [-0.4, -0.2) is 53.4 Å². The Morgan fingerprint density at radius 1 is 1.24 bits per heavy atom. The highest BCUT2D eigenvalue weighted by Gasteiger charge is 2.43. The fourth-order valence-corrected chi connectivity index (χ4v) is 4.10. The van der Waals surface area contributed by atoms with Crippen LogP contribution in [0.3, 0.4) is 0 Å². The third-order valence-corrected chi connectivity index (χ3v) is 5.80. The van der Waals surface area contributed by atoms with Gasteiger partial charge in [-0.1, -0.05) is 30.0 Å². The van der Waals surface area contributed by atoms with E-state index in [2.05, 4.69) is 14.9 Å². The van der Waals surface area contributed by atoms with Crippen LogP contribution in [0.5, 0.6) is 5.75 Å². The second-order valence-corrected chi connectivity index (χ2v) is 8.08. The van der Waals surface area contributed by atoms with Crippen LogP contribution in [0.1, 0.15) is 31.7 Å². The predicted molar refractivity (Wildman–Crippen MR) is 114 cm³/mol. The van der Waals surface area contributed by atoms with E-state index in [1.54, 1.807) is 0 Å². The summed E-state index contributed by atoms with van der Waals surface area (Å²) in [6, 6.07) is 9.72. The maximum absolute atomic E-state index is 12.9. The van der Waals surface area contributed by atoms with E-state index in [-0.39, 0.29) is 5.97 Å². The van der Waals surface area contributed by atoms with Gasteiger partial charge >= 0.3 is 5.97 Å². The van der Waals surface area contributed by atoms with Crippen molar-refractivity contribution < 1.29 is 14.3 Å². The van der Waals surface area contributed by atoms with E-state index in [0.717, 1.165) is 42.4 Å². The fraction of sp³-hybridized carbons (Fsp3) is 0.500. The van der Waals surface area contributed by atoms with Gasteiger partial charge in [0.25, 0.3) is 0 Å². The summed E-state index contributed by atoms with van der Waals surface area (Å²) >= 11 is 1.53. The van der Waals surface area contributed by atoms with E-state index in [4.69, 9.17) is 9.47 Å². The summed E-state index contributed by atoms with van der Waals surface area (Å²) in [5, 5.41) is 0.770. The number of ether oxygens (including phenoxy) is 2. The number of rotatable bonds is 9. The Morgan fingerprint density at radius 3 is 2.69 bits per heavy atom. The summed E-state index contributed by atoms with van der Waals surface area (Å²) < 4.78 is 11.4. The van der Waals surface area contributed by atoms with Gasteiger partial charge in [-0.15, -0.1) is 0 Å². The van der Waals surface area contributed by atoms with Crippen molar-refractivity contribution in [3.63, 3.8) is 0 Å². The average molecular weight is 416 g/mol. The van der Waals surface area contributed by atoms with E-state index >= 15 is 0 Å². The zero-order valence-electron chi connectivity index (χ0n) is 17.2. The van der Waals surface area contributed by atoms with E-state index in [1.165, 1.54) is 11.8 Å². The molecule has 1 atom stereocenters. The molecule has 0 saturated carbocycles. The van der Waals surface area contributed by atoms with Gasteiger partial charge < -0.3 is 9.47 Å². The molecule has 1 aromatic heterocycles. The Balaban J connectivity index is 1.66. The molecule has 1 aliphatic rings. The lowest BCUT2D eigenvalue weighted by Crippen LogP contribution is -2.49. The van der Waals surface area contributed by atoms with Crippen LogP contribution >= 0.6 is 11.8 Å². The number of nitrogens with zero attached hydrogens (tertiary/aromatic N) is 3. The Hall–Kier alpha value is -2.12. The minimum Gasteiger partial charge on any atom is -0.494 e. The zero-order chi connectivity index (χ0) is 20.5. The van der Waals surface area contributed by atoms with Gasteiger partial charge in [0.05, 0.1) is 18.6 Å². The number of hydrogen-bond acceptors (Lipinski definition) is 7. The van der Waals surface area contributed by atoms with Crippen molar-refractivity contribution in [3.05, 3.63) is 48.3 Å². The van der Waals surface area contributed by atoms with E-state index in [0.29, 0.717) is 26.2 Å². The monoisotopic (exact) mass is 415 g/mol. The molecule has 29 heavy (non-hydrogen) atoms. The van der Waals surface area contributed by atoms with Crippen molar-refractivity contribution in [2.75, 3.05) is 32.6 Å². The number of carbonyl (C=O) groups is 1. The molecular weight excluding hydrogens is 386 g/mol. The molecule has 6 nitrogen and oxygen atoms in total. The van der Waals surface area contributed by atoms with Crippen molar-refractivity contribution in [3.8, 4) is 5.75 Å². The fourth-order valence-electron chi connectivity index (χ4n) is 3.79. The summed E-state index contributed by atoms with van der Waals surface area (Å²) in [4.78, 5) is 23.9. The van der Waals surface area contributed by atoms with Gasteiger partial charge in [-0.3, -0.25) is 9.69 Å². The number of piperidine rings is 1. The molecule has 0 aliphatic carbocycles. The molecule has 7 heteroatoms. The third-order valence-electron chi connectivity index (χ3n) is 5.23. The molecule has 2 aromatic rings. The highest BCUT2D eigenvalue weighted by atomic mass is 32.2. The van der Waals surface area contributed by atoms with Crippen molar-refractivity contribution in [2.45, 2.75) is 37.9 Å². The Kier molecular flexibility index (Phi) is 7.89. The Labute approximate surface area is 177 Å². The number of likely N-dealkylation sites (tertiary alicyclic amines) is 1. The number of thioether (sulfide) groups is 1. The molecule has 3 rings (SSSR count). The summed E-state index contributed by atoms with van der Waals surface area (Å²) in [7, 11) is 0. The van der Waals surface area contributed by atoms with Gasteiger partial charge in [0.1, 0.15) is 5.75 Å². The van der Waals surface area contributed by atoms with Crippen LogP contribution in [0.2, 0.25) is 0 Å². The van der Waals surface area contributed by atoms with E-state index in [9.17, 15) is 4.79 Å². The summed E-state index contributed by atoms with van der Waals surface area (Å²) in [5.41, 5.74) is 0.520. The SMILES string of the molecule is CCOC(=O)[C@]1(CCOc2ccccc2)CCCN(Cc2cnc(SC)nc2)C1. The van der Waals surface area contributed by atoms with Crippen LogP contribution in [0.15, 0.2) is 47.9 Å². The number of benzene rings is 1. The van der Waals surface area contributed by atoms with Crippen molar-refractivity contribution >= 4 is 17.7 Å².